The van der Waals surface area contributed by atoms with Crippen molar-refractivity contribution in [3.63, 3.8) is 0 Å². The minimum atomic E-state index is 0.0152. The van der Waals surface area contributed by atoms with Crippen LogP contribution >= 0.6 is 0 Å². The zero-order valence-corrected chi connectivity index (χ0v) is 16.3. The predicted octanol–water partition coefficient (Wildman–Crippen LogP) is 1.79. The molecule has 0 radical (unpaired) electrons. The number of carbonyl (C=O) groups is 1. The van der Waals surface area contributed by atoms with Gasteiger partial charge in [0.25, 0.3) is 5.91 Å². The molecule has 1 rings (SSSR count). The van der Waals surface area contributed by atoms with Gasteiger partial charge in [0.1, 0.15) is 0 Å². The van der Waals surface area contributed by atoms with Crippen LogP contribution < -0.4 is 10.6 Å². The van der Waals surface area contributed by atoms with Gasteiger partial charge in [0, 0.05) is 39.3 Å². The second kappa shape index (κ2) is 11.5. The highest BCUT2D eigenvalue weighted by Crippen LogP contribution is 2.07. The number of amides is 1. The fourth-order valence-electron chi connectivity index (χ4n) is 2.40. The Kier molecular flexibility index (Phi) is 9.62. The van der Waals surface area contributed by atoms with Crippen molar-refractivity contribution < 1.29 is 4.79 Å². The number of carbonyl (C=O) groups excluding carboxylic acids is 1. The summed E-state index contributed by atoms with van der Waals surface area (Å²) in [6, 6.07) is 7.63. The number of nitrogens with zero attached hydrogens (tertiary/aromatic N) is 3. The Morgan fingerprint density at radius 2 is 1.68 bits per heavy atom. The molecule has 0 aliphatic heterocycles. The van der Waals surface area contributed by atoms with Crippen molar-refractivity contribution >= 4 is 11.9 Å². The number of hydrogen-bond acceptors (Lipinski definition) is 3. The van der Waals surface area contributed by atoms with Gasteiger partial charge in [0.2, 0.25) is 0 Å². The maximum absolute atomic E-state index is 11.9. The molecule has 0 spiro atoms. The third-order valence-electron chi connectivity index (χ3n) is 3.99. The Bertz CT molecular complexity index is 535. The molecule has 0 saturated heterocycles. The highest BCUT2D eigenvalue weighted by atomic mass is 16.2. The number of rotatable bonds is 9. The van der Waals surface area contributed by atoms with Crippen LogP contribution in [0, 0.1) is 0 Å². The summed E-state index contributed by atoms with van der Waals surface area (Å²) in [5, 5.41) is 6.64. The lowest BCUT2D eigenvalue weighted by atomic mass is 10.1. The molecule has 1 aromatic rings. The summed E-state index contributed by atoms with van der Waals surface area (Å²) in [7, 11) is 3.51. The molecular weight excluding hydrogens is 314 g/mol. The van der Waals surface area contributed by atoms with Crippen LogP contribution in [-0.2, 0) is 6.54 Å². The van der Waals surface area contributed by atoms with Crippen molar-refractivity contribution in [1.82, 2.24) is 20.4 Å². The molecule has 0 fully saturated rings. The van der Waals surface area contributed by atoms with E-state index in [-0.39, 0.29) is 5.91 Å². The summed E-state index contributed by atoms with van der Waals surface area (Å²) in [6.45, 7) is 11.8. The number of guanidine groups is 1. The fraction of sp³-hybridized carbons (Fsp3) is 0.579. The molecule has 6 heteroatoms. The highest BCUT2D eigenvalue weighted by molar-refractivity contribution is 5.93. The molecular formula is C19H33N5O. The van der Waals surface area contributed by atoms with Crippen molar-refractivity contribution in [1.29, 1.82) is 0 Å². The van der Waals surface area contributed by atoms with E-state index in [0.29, 0.717) is 12.1 Å². The Hall–Kier alpha value is -2.08. The van der Waals surface area contributed by atoms with Crippen LogP contribution in [0.25, 0.3) is 0 Å². The topological polar surface area (TPSA) is 60.0 Å². The van der Waals surface area contributed by atoms with E-state index in [0.717, 1.165) is 44.2 Å². The number of likely N-dealkylation sites (N-methyl/N-ethyl adjacent to an activating group) is 1. The van der Waals surface area contributed by atoms with E-state index in [9.17, 15) is 4.79 Å². The quantitative estimate of drug-likeness (QED) is 0.528. The first-order valence-corrected chi connectivity index (χ1v) is 9.06. The van der Waals surface area contributed by atoms with Crippen LogP contribution in [0.5, 0.6) is 0 Å². The maximum atomic E-state index is 11.9. The normalized spacial score (nSPS) is 11.5. The lowest BCUT2D eigenvalue weighted by molar-refractivity contribution is 0.0827. The minimum absolute atomic E-state index is 0.0152. The van der Waals surface area contributed by atoms with E-state index in [1.807, 2.05) is 24.3 Å². The van der Waals surface area contributed by atoms with E-state index in [2.05, 4.69) is 41.3 Å². The summed E-state index contributed by atoms with van der Waals surface area (Å²) in [6.07, 6.45) is 0. The highest BCUT2D eigenvalue weighted by Gasteiger charge is 2.07. The van der Waals surface area contributed by atoms with Crippen LogP contribution in [-0.4, -0.2) is 68.5 Å². The molecule has 6 nitrogen and oxygen atoms in total. The number of aliphatic imine (C=N–C) groups is 1. The van der Waals surface area contributed by atoms with Crippen LogP contribution in [0.1, 0.15) is 36.7 Å². The smallest absolute Gasteiger partial charge is 0.253 e. The molecule has 0 heterocycles. The maximum Gasteiger partial charge on any atom is 0.253 e. The summed E-state index contributed by atoms with van der Waals surface area (Å²) in [4.78, 5) is 20.5. The Morgan fingerprint density at radius 1 is 1.04 bits per heavy atom. The molecule has 0 aromatic heterocycles. The van der Waals surface area contributed by atoms with E-state index in [1.54, 1.807) is 19.0 Å². The van der Waals surface area contributed by atoms with Crippen LogP contribution in [0.3, 0.4) is 0 Å². The first-order chi connectivity index (χ1) is 12.0. The molecule has 2 N–H and O–H groups in total. The van der Waals surface area contributed by atoms with Crippen molar-refractivity contribution in [2.24, 2.45) is 4.99 Å². The van der Waals surface area contributed by atoms with Crippen LogP contribution in [0.4, 0.5) is 0 Å². The average molecular weight is 348 g/mol. The summed E-state index contributed by atoms with van der Waals surface area (Å²) < 4.78 is 0. The van der Waals surface area contributed by atoms with Gasteiger partial charge >= 0.3 is 0 Å². The third-order valence-corrected chi connectivity index (χ3v) is 3.99. The predicted molar refractivity (Wildman–Crippen MR) is 105 cm³/mol. The van der Waals surface area contributed by atoms with Gasteiger partial charge in [-0.2, -0.15) is 0 Å². The van der Waals surface area contributed by atoms with Crippen molar-refractivity contribution in [3.05, 3.63) is 35.4 Å². The standard InChI is InChI=1S/C19H33N5O/c1-6-20-19(21-13-14-24(7-2)8-3)22-15-16-9-11-17(12-10-16)18(25)23(4)5/h9-12H,6-8,13-15H2,1-5H3,(H2,20,21,22). The zero-order chi connectivity index (χ0) is 18.7. The van der Waals surface area contributed by atoms with Crippen LogP contribution in [0.15, 0.2) is 29.3 Å². The summed E-state index contributed by atoms with van der Waals surface area (Å²) >= 11 is 0. The third kappa shape index (κ3) is 7.56. The lowest BCUT2D eigenvalue weighted by Gasteiger charge is -2.19. The van der Waals surface area contributed by atoms with E-state index >= 15 is 0 Å². The lowest BCUT2D eigenvalue weighted by Crippen LogP contribution is -2.41. The van der Waals surface area contributed by atoms with Gasteiger partial charge in [0.15, 0.2) is 5.96 Å². The van der Waals surface area contributed by atoms with Gasteiger partial charge in [0.05, 0.1) is 6.54 Å². The molecule has 25 heavy (non-hydrogen) atoms. The van der Waals surface area contributed by atoms with Gasteiger partial charge in [-0.3, -0.25) is 4.79 Å². The van der Waals surface area contributed by atoms with E-state index in [1.165, 1.54) is 0 Å². The second-order valence-electron chi connectivity index (χ2n) is 6.05. The number of hydrogen-bond donors (Lipinski definition) is 2. The minimum Gasteiger partial charge on any atom is -0.357 e. The SMILES string of the molecule is CCNC(=NCc1ccc(C(=O)N(C)C)cc1)NCCN(CC)CC. The van der Waals surface area contributed by atoms with Crippen molar-refractivity contribution in [2.75, 3.05) is 46.8 Å². The molecule has 0 saturated carbocycles. The second-order valence-corrected chi connectivity index (χ2v) is 6.05. The Labute approximate surface area is 152 Å². The molecule has 0 atom stereocenters. The van der Waals surface area contributed by atoms with Crippen molar-refractivity contribution in [3.8, 4) is 0 Å². The molecule has 0 aliphatic rings. The molecule has 0 bridgehead atoms. The Balaban J connectivity index is 2.60. The average Bonchev–Trinajstić information content (AvgIpc) is 2.63. The van der Waals surface area contributed by atoms with Gasteiger partial charge in [-0.15, -0.1) is 0 Å². The van der Waals surface area contributed by atoms with Gasteiger partial charge in [-0.25, -0.2) is 4.99 Å². The van der Waals surface area contributed by atoms with Gasteiger partial charge in [-0.05, 0) is 37.7 Å². The van der Waals surface area contributed by atoms with Gasteiger partial charge < -0.3 is 20.4 Å². The number of nitrogens with one attached hydrogen (secondary N) is 2. The number of benzene rings is 1. The Morgan fingerprint density at radius 3 is 2.20 bits per heavy atom. The molecule has 0 unspecified atom stereocenters. The summed E-state index contributed by atoms with van der Waals surface area (Å²) in [5.41, 5.74) is 1.78. The molecule has 1 aromatic carbocycles. The van der Waals surface area contributed by atoms with Gasteiger partial charge in [-0.1, -0.05) is 26.0 Å². The van der Waals surface area contributed by atoms with Crippen LogP contribution in [0.2, 0.25) is 0 Å². The fourth-order valence-corrected chi connectivity index (χ4v) is 2.40. The van der Waals surface area contributed by atoms with E-state index < -0.39 is 0 Å². The van der Waals surface area contributed by atoms with E-state index in [4.69, 9.17) is 0 Å². The van der Waals surface area contributed by atoms with Crippen molar-refractivity contribution in [2.45, 2.75) is 27.3 Å². The summed E-state index contributed by atoms with van der Waals surface area (Å²) in [5.74, 6) is 0.838. The molecule has 1 amide bonds. The largest absolute Gasteiger partial charge is 0.357 e. The monoisotopic (exact) mass is 347 g/mol. The molecule has 0 aliphatic carbocycles. The first kappa shape index (κ1) is 21.0. The first-order valence-electron chi connectivity index (χ1n) is 9.06. The molecule has 140 valence electrons. The zero-order valence-electron chi connectivity index (χ0n) is 16.3.